The number of aromatic amines is 1. The third-order valence-electron chi connectivity index (χ3n) is 2.61. The third kappa shape index (κ3) is 1.49. The minimum Gasteiger partial charge on any atom is -0.410 e. The number of nitrogens with zero attached hydrogens (tertiary/aromatic N) is 2. The molecular formula is C11H9N5O2. The first-order valence-corrected chi connectivity index (χ1v) is 5.14. The number of benzene rings is 1. The molecule has 0 saturated carbocycles. The molecule has 0 radical (unpaired) electrons. The minimum atomic E-state index is -0.863. The van der Waals surface area contributed by atoms with Crippen LogP contribution in [0, 0.1) is 0 Å². The Balaban J connectivity index is 2.31. The van der Waals surface area contributed by atoms with Crippen molar-refractivity contribution in [2.24, 2.45) is 5.73 Å². The van der Waals surface area contributed by atoms with Crippen molar-refractivity contribution >= 4 is 33.8 Å². The van der Waals surface area contributed by atoms with Crippen molar-refractivity contribution in [1.82, 2.24) is 15.0 Å². The van der Waals surface area contributed by atoms with Gasteiger partial charge in [0.25, 0.3) is 0 Å². The van der Waals surface area contributed by atoms with Gasteiger partial charge in [0.05, 0.1) is 5.39 Å². The lowest BCUT2D eigenvalue weighted by Crippen LogP contribution is -2.16. The lowest BCUT2D eigenvalue weighted by molar-refractivity contribution is 0.211. The van der Waals surface area contributed by atoms with E-state index in [-0.39, 0.29) is 0 Å². The molecule has 3 aromatic rings. The highest BCUT2D eigenvalue weighted by molar-refractivity contribution is 6.11. The Hall–Kier alpha value is -2.83. The standard InChI is InChI=1S/C11H9N5O2/c12-9-8-6-3-5(18-11(13)17)1-2-7(6)16-10(8)15-4-14-9/h1-4H,(H2,13,17)(H3,12,14,15,16). The average Bonchev–Trinajstić information content (AvgIpc) is 2.67. The fourth-order valence-electron chi connectivity index (χ4n) is 1.91. The molecule has 0 bridgehead atoms. The SMILES string of the molecule is NC(=O)Oc1ccc2[nH]c3ncnc(N)c3c2c1. The Labute approximate surface area is 101 Å². The van der Waals surface area contributed by atoms with Crippen molar-refractivity contribution in [3.63, 3.8) is 0 Å². The Kier molecular flexibility index (Phi) is 2.06. The summed E-state index contributed by atoms with van der Waals surface area (Å²) in [6, 6.07) is 5.06. The second-order valence-electron chi connectivity index (χ2n) is 3.74. The van der Waals surface area contributed by atoms with E-state index in [2.05, 4.69) is 15.0 Å². The summed E-state index contributed by atoms with van der Waals surface area (Å²) in [6.07, 6.45) is 0.520. The van der Waals surface area contributed by atoms with Gasteiger partial charge in [-0.25, -0.2) is 14.8 Å². The van der Waals surface area contributed by atoms with Crippen molar-refractivity contribution < 1.29 is 9.53 Å². The minimum absolute atomic E-state index is 0.346. The van der Waals surface area contributed by atoms with E-state index >= 15 is 0 Å². The van der Waals surface area contributed by atoms with Crippen LogP contribution in [-0.4, -0.2) is 21.0 Å². The van der Waals surface area contributed by atoms with E-state index in [1.54, 1.807) is 18.2 Å². The average molecular weight is 243 g/mol. The molecule has 0 spiro atoms. The molecular weight excluding hydrogens is 234 g/mol. The lowest BCUT2D eigenvalue weighted by atomic mass is 10.2. The van der Waals surface area contributed by atoms with E-state index in [1.165, 1.54) is 6.33 Å². The van der Waals surface area contributed by atoms with Gasteiger partial charge in [0, 0.05) is 10.9 Å². The van der Waals surface area contributed by atoms with Crippen LogP contribution in [0.5, 0.6) is 5.75 Å². The maximum absolute atomic E-state index is 10.7. The number of carbonyl (C=O) groups is 1. The Morgan fingerprint density at radius 1 is 1.33 bits per heavy atom. The molecule has 0 aliphatic rings. The molecule has 0 aliphatic carbocycles. The lowest BCUT2D eigenvalue weighted by Gasteiger charge is -2.00. The van der Waals surface area contributed by atoms with Crippen LogP contribution in [0.25, 0.3) is 21.9 Å². The van der Waals surface area contributed by atoms with Gasteiger partial charge in [-0.15, -0.1) is 0 Å². The van der Waals surface area contributed by atoms with Gasteiger partial charge in [-0.3, -0.25) is 0 Å². The van der Waals surface area contributed by atoms with Crippen LogP contribution in [0.3, 0.4) is 0 Å². The van der Waals surface area contributed by atoms with Gasteiger partial charge < -0.3 is 21.2 Å². The van der Waals surface area contributed by atoms with Crippen molar-refractivity contribution in [3.05, 3.63) is 24.5 Å². The highest BCUT2D eigenvalue weighted by Gasteiger charge is 2.10. The van der Waals surface area contributed by atoms with Crippen molar-refractivity contribution in [3.8, 4) is 5.75 Å². The number of nitrogens with two attached hydrogens (primary N) is 2. The Bertz CT molecular complexity index is 765. The number of nitrogens with one attached hydrogen (secondary N) is 1. The highest BCUT2D eigenvalue weighted by Crippen LogP contribution is 2.30. The van der Waals surface area contributed by atoms with Gasteiger partial charge >= 0.3 is 6.09 Å². The molecule has 18 heavy (non-hydrogen) atoms. The molecule has 7 nitrogen and oxygen atoms in total. The number of anilines is 1. The van der Waals surface area contributed by atoms with Gasteiger partial charge in [0.1, 0.15) is 23.5 Å². The van der Waals surface area contributed by atoms with Gasteiger partial charge in [0.2, 0.25) is 0 Å². The van der Waals surface area contributed by atoms with Crippen molar-refractivity contribution in [1.29, 1.82) is 0 Å². The molecule has 3 rings (SSSR count). The first-order chi connectivity index (χ1) is 8.65. The summed E-state index contributed by atoms with van der Waals surface area (Å²) in [7, 11) is 0. The predicted octanol–water partition coefficient (Wildman–Crippen LogP) is 1.15. The first-order valence-electron chi connectivity index (χ1n) is 5.14. The number of rotatable bonds is 1. The molecule has 1 amide bonds. The van der Waals surface area contributed by atoms with Crippen molar-refractivity contribution in [2.45, 2.75) is 0 Å². The fourth-order valence-corrected chi connectivity index (χ4v) is 1.91. The van der Waals surface area contributed by atoms with E-state index in [0.717, 1.165) is 10.9 Å². The number of nitrogen functional groups attached to an aromatic ring is 1. The van der Waals surface area contributed by atoms with Gasteiger partial charge in [-0.05, 0) is 18.2 Å². The third-order valence-corrected chi connectivity index (χ3v) is 2.61. The van der Waals surface area contributed by atoms with E-state index in [0.29, 0.717) is 22.6 Å². The first kappa shape index (κ1) is 10.3. The van der Waals surface area contributed by atoms with Crippen LogP contribution in [0.1, 0.15) is 0 Å². The molecule has 90 valence electrons. The van der Waals surface area contributed by atoms with Gasteiger partial charge in [0.15, 0.2) is 0 Å². The van der Waals surface area contributed by atoms with Crippen molar-refractivity contribution in [2.75, 3.05) is 5.73 Å². The van der Waals surface area contributed by atoms with Gasteiger partial charge in [-0.2, -0.15) is 0 Å². The highest BCUT2D eigenvalue weighted by atomic mass is 16.5. The predicted molar refractivity (Wildman–Crippen MR) is 66.0 cm³/mol. The van der Waals surface area contributed by atoms with E-state index in [4.69, 9.17) is 16.2 Å². The molecule has 0 fully saturated rings. The number of hydrogen-bond donors (Lipinski definition) is 3. The van der Waals surface area contributed by atoms with Gasteiger partial charge in [-0.1, -0.05) is 0 Å². The van der Waals surface area contributed by atoms with Crippen LogP contribution in [0.15, 0.2) is 24.5 Å². The summed E-state index contributed by atoms with van der Waals surface area (Å²) in [5.41, 5.74) is 12.2. The van der Waals surface area contributed by atoms with Crippen LogP contribution < -0.4 is 16.2 Å². The number of carbonyl (C=O) groups excluding carboxylic acids is 1. The largest absolute Gasteiger partial charge is 0.410 e. The normalized spacial score (nSPS) is 10.9. The fraction of sp³-hybridized carbons (Fsp3) is 0. The zero-order chi connectivity index (χ0) is 12.7. The zero-order valence-electron chi connectivity index (χ0n) is 9.18. The maximum Gasteiger partial charge on any atom is 0.409 e. The van der Waals surface area contributed by atoms with E-state index < -0.39 is 6.09 Å². The number of primary amides is 1. The van der Waals surface area contributed by atoms with Crippen LogP contribution >= 0.6 is 0 Å². The molecule has 0 aliphatic heterocycles. The monoisotopic (exact) mass is 243 g/mol. The second-order valence-corrected chi connectivity index (χ2v) is 3.74. The van der Waals surface area contributed by atoms with Crippen LogP contribution in [0.2, 0.25) is 0 Å². The van der Waals surface area contributed by atoms with E-state index in [9.17, 15) is 4.79 Å². The molecule has 1 aromatic carbocycles. The summed E-state index contributed by atoms with van der Waals surface area (Å²) < 4.78 is 4.82. The number of amides is 1. The zero-order valence-corrected chi connectivity index (χ0v) is 9.18. The number of H-pyrrole nitrogens is 1. The number of fused-ring (bicyclic) bond motifs is 3. The quantitative estimate of drug-likeness (QED) is 0.592. The molecule has 0 atom stereocenters. The summed E-state index contributed by atoms with van der Waals surface area (Å²) in [6.45, 7) is 0. The number of aromatic nitrogens is 3. The summed E-state index contributed by atoms with van der Waals surface area (Å²) >= 11 is 0. The molecule has 0 saturated heterocycles. The maximum atomic E-state index is 10.7. The molecule has 5 N–H and O–H groups in total. The Morgan fingerprint density at radius 2 is 2.17 bits per heavy atom. The number of hydrogen-bond acceptors (Lipinski definition) is 5. The summed E-state index contributed by atoms with van der Waals surface area (Å²) in [5.74, 6) is 0.710. The summed E-state index contributed by atoms with van der Waals surface area (Å²) in [5, 5.41) is 1.48. The number of ether oxygens (including phenoxy) is 1. The smallest absolute Gasteiger partial charge is 0.409 e. The van der Waals surface area contributed by atoms with Crippen LogP contribution in [-0.2, 0) is 0 Å². The second kappa shape index (κ2) is 3.59. The molecule has 2 heterocycles. The van der Waals surface area contributed by atoms with E-state index in [1.807, 2.05) is 0 Å². The molecule has 2 aromatic heterocycles. The molecule has 0 unspecified atom stereocenters. The summed E-state index contributed by atoms with van der Waals surface area (Å²) in [4.78, 5) is 21.8. The topological polar surface area (TPSA) is 120 Å². The Morgan fingerprint density at radius 3 is 2.94 bits per heavy atom. The molecule has 7 heteroatoms. The van der Waals surface area contributed by atoms with Crippen LogP contribution in [0.4, 0.5) is 10.6 Å².